The number of aryl methyl sites for hydroxylation is 1. The maximum absolute atomic E-state index is 11.6. The fourth-order valence-corrected chi connectivity index (χ4v) is 1.52. The Hall–Kier alpha value is -2.57. The van der Waals surface area contributed by atoms with Gasteiger partial charge in [-0.05, 0) is 37.1 Å². The highest BCUT2D eigenvalue weighted by molar-refractivity contribution is 5.95. The number of nitrogens with two attached hydrogens (primary N) is 3. The maximum Gasteiger partial charge on any atom is 0.338 e. The van der Waals surface area contributed by atoms with Gasteiger partial charge in [0.25, 0.3) is 0 Å². The summed E-state index contributed by atoms with van der Waals surface area (Å²) < 4.78 is 4.71. The van der Waals surface area contributed by atoms with Crippen molar-refractivity contribution in [2.75, 3.05) is 7.11 Å². The summed E-state index contributed by atoms with van der Waals surface area (Å²) in [6, 6.07) is 3.35. The zero-order chi connectivity index (χ0) is 14.6. The first kappa shape index (κ1) is 14.5. The van der Waals surface area contributed by atoms with Crippen molar-refractivity contribution in [1.82, 2.24) is 0 Å². The van der Waals surface area contributed by atoms with Crippen molar-refractivity contribution in [3.8, 4) is 0 Å². The third-order valence-electron chi connectivity index (χ3n) is 2.54. The molecule has 7 nitrogen and oxygen atoms in total. The van der Waals surface area contributed by atoms with Gasteiger partial charge in [0, 0.05) is 0 Å². The molecule has 0 aliphatic heterocycles. The molecule has 0 saturated carbocycles. The van der Waals surface area contributed by atoms with Crippen LogP contribution >= 0.6 is 0 Å². The van der Waals surface area contributed by atoms with Crippen molar-refractivity contribution in [2.24, 2.45) is 27.2 Å². The number of methoxy groups -OCH3 is 1. The van der Waals surface area contributed by atoms with Crippen LogP contribution in [-0.2, 0) is 4.74 Å². The van der Waals surface area contributed by atoms with Gasteiger partial charge in [-0.15, -0.1) is 0 Å². The SMILES string of the molecule is COC(=O)c1cc(N=C(N)N=C(N)N)cc(C)c1C. The van der Waals surface area contributed by atoms with E-state index in [1.807, 2.05) is 13.8 Å². The van der Waals surface area contributed by atoms with Gasteiger partial charge in [-0.25, -0.2) is 9.79 Å². The van der Waals surface area contributed by atoms with Gasteiger partial charge in [-0.1, -0.05) is 0 Å². The molecule has 19 heavy (non-hydrogen) atoms. The molecule has 0 bridgehead atoms. The van der Waals surface area contributed by atoms with E-state index < -0.39 is 5.97 Å². The van der Waals surface area contributed by atoms with Gasteiger partial charge in [-0.3, -0.25) is 0 Å². The van der Waals surface area contributed by atoms with Crippen LogP contribution in [0.25, 0.3) is 0 Å². The van der Waals surface area contributed by atoms with Crippen molar-refractivity contribution in [1.29, 1.82) is 0 Å². The Morgan fingerprint density at radius 1 is 1.21 bits per heavy atom. The molecule has 0 heterocycles. The van der Waals surface area contributed by atoms with Crippen LogP contribution in [-0.4, -0.2) is 25.0 Å². The van der Waals surface area contributed by atoms with Crippen LogP contribution in [0, 0.1) is 13.8 Å². The predicted octanol–water partition coefficient (Wildman–Crippen LogP) is 0.310. The van der Waals surface area contributed by atoms with E-state index in [0.717, 1.165) is 11.1 Å². The second-order valence-corrected chi connectivity index (χ2v) is 3.93. The average molecular weight is 263 g/mol. The highest BCUT2D eigenvalue weighted by Gasteiger charge is 2.12. The molecule has 0 saturated heterocycles. The summed E-state index contributed by atoms with van der Waals surface area (Å²) in [5, 5.41) is 0. The van der Waals surface area contributed by atoms with Gasteiger partial charge in [0.05, 0.1) is 18.4 Å². The van der Waals surface area contributed by atoms with Crippen molar-refractivity contribution in [2.45, 2.75) is 13.8 Å². The van der Waals surface area contributed by atoms with E-state index >= 15 is 0 Å². The maximum atomic E-state index is 11.6. The van der Waals surface area contributed by atoms with Crippen LogP contribution < -0.4 is 17.2 Å². The summed E-state index contributed by atoms with van der Waals surface area (Å²) in [5.41, 5.74) is 18.5. The number of nitrogens with zero attached hydrogens (tertiary/aromatic N) is 2. The first-order valence-electron chi connectivity index (χ1n) is 5.48. The molecule has 0 fully saturated rings. The van der Waals surface area contributed by atoms with Gasteiger partial charge < -0.3 is 21.9 Å². The van der Waals surface area contributed by atoms with Crippen molar-refractivity contribution < 1.29 is 9.53 Å². The van der Waals surface area contributed by atoms with Crippen molar-refractivity contribution in [3.05, 3.63) is 28.8 Å². The first-order valence-corrected chi connectivity index (χ1v) is 5.48. The van der Waals surface area contributed by atoms with Crippen LogP contribution in [0.4, 0.5) is 5.69 Å². The van der Waals surface area contributed by atoms with Gasteiger partial charge >= 0.3 is 5.97 Å². The molecule has 0 aromatic heterocycles. The largest absolute Gasteiger partial charge is 0.465 e. The molecule has 0 atom stereocenters. The molecular weight excluding hydrogens is 246 g/mol. The molecule has 1 aromatic rings. The summed E-state index contributed by atoms with van der Waals surface area (Å²) in [6.45, 7) is 3.69. The van der Waals surface area contributed by atoms with E-state index in [1.165, 1.54) is 7.11 Å². The zero-order valence-corrected chi connectivity index (χ0v) is 11.1. The molecule has 6 N–H and O–H groups in total. The fraction of sp³-hybridized carbons (Fsp3) is 0.250. The van der Waals surface area contributed by atoms with E-state index in [1.54, 1.807) is 12.1 Å². The Bertz CT molecular complexity index is 559. The second kappa shape index (κ2) is 5.85. The minimum atomic E-state index is -0.432. The normalized spacial score (nSPS) is 11.0. The topological polar surface area (TPSA) is 129 Å². The van der Waals surface area contributed by atoms with E-state index in [0.29, 0.717) is 11.3 Å². The lowest BCUT2D eigenvalue weighted by Gasteiger charge is -2.08. The number of rotatable bonds is 2. The summed E-state index contributed by atoms with van der Waals surface area (Å²) >= 11 is 0. The Morgan fingerprint density at radius 3 is 2.37 bits per heavy atom. The van der Waals surface area contributed by atoms with E-state index in [9.17, 15) is 4.79 Å². The Labute approximate surface area is 111 Å². The lowest BCUT2D eigenvalue weighted by Crippen LogP contribution is -2.26. The van der Waals surface area contributed by atoms with E-state index in [4.69, 9.17) is 21.9 Å². The van der Waals surface area contributed by atoms with Crippen LogP contribution in [0.5, 0.6) is 0 Å². The smallest absolute Gasteiger partial charge is 0.338 e. The molecule has 0 spiro atoms. The Morgan fingerprint density at radius 2 is 1.84 bits per heavy atom. The number of hydrogen-bond acceptors (Lipinski definition) is 3. The van der Waals surface area contributed by atoms with Crippen molar-refractivity contribution in [3.63, 3.8) is 0 Å². The summed E-state index contributed by atoms with van der Waals surface area (Å²) in [4.78, 5) is 19.3. The van der Waals surface area contributed by atoms with Crippen LogP contribution in [0.3, 0.4) is 0 Å². The number of esters is 1. The van der Waals surface area contributed by atoms with Crippen LogP contribution in [0.1, 0.15) is 21.5 Å². The summed E-state index contributed by atoms with van der Waals surface area (Å²) in [7, 11) is 1.32. The number of carbonyl (C=O) groups excluding carboxylic acids is 1. The van der Waals surface area contributed by atoms with Crippen LogP contribution in [0.15, 0.2) is 22.1 Å². The predicted molar refractivity (Wildman–Crippen MR) is 74.3 cm³/mol. The number of carbonyl (C=O) groups is 1. The minimum absolute atomic E-state index is 0.0842. The Balaban J connectivity index is 3.28. The monoisotopic (exact) mass is 263 g/mol. The number of aliphatic imine (C=N–C) groups is 2. The molecule has 0 radical (unpaired) electrons. The van der Waals surface area contributed by atoms with Gasteiger partial charge in [0.2, 0.25) is 5.96 Å². The van der Waals surface area contributed by atoms with Crippen LogP contribution in [0.2, 0.25) is 0 Å². The number of guanidine groups is 2. The number of hydrogen-bond donors (Lipinski definition) is 3. The molecule has 1 aromatic carbocycles. The van der Waals surface area contributed by atoms with Gasteiger partial charge in [0.1, 0.15) is 0 Å². The standard InChI is InChI=1S/C12H17N5O2/c1-6-4-8(16-12(15)17-11(13)14)5-9(7(6)2)10(18)19-3/h4-5H,1-3H3,(H6,13,14,15,16,17). The molecular formula is C12H17N5O2. The average Bonchev–Trinajstić information content (AvgIpc) is 2.31. The Kier molecular flexibility index (Phi) is 4.46. The highest BCUT2D eigenvalue weighted by atomic mass is 16.5. The number of ether oxygens (including phenoxy) is 1. The quantitative estimate of drug-likeness (QED) is 0.401. The summed E-state index contributed by atoms with van der Waals surface area (Å²) in [5.74, 6) is -0.699. The highest BCUT2D eigenvalue weighted by Crippen LogP contribution is 2.22. The third kappa shape index (κ3) is 3.70. The first-order chi connectivity index (χ1) is 8.85. The number of benzene rings is 1. The summed E-state index contributed by atoms with van der Waals surface area (Å²) in [6.07, 6.45) is 0. The molecule has 0 unspecified atom stereocenters. The lowest BCUT2D eigenvalue weighted by atomic mass is 10.0. The lowest BCUT2D eigenvalue weighted by molar-refractivity contribution is 0.0600. The minimum Gasteiger partial charge on any atom is -0.465 e. The molecule has 7 heteroatoms. The zero-order valence-electron chi connectivity index (χ0n) is 11.1. The molecule has 102 valence electrons. The van der Waals surface area contributed by atoms with Gasteiger partial charge in [-0.2, -0.15) is 4.99 Å². The van der Waals surface area contributed by atoms with E-state index in [2.05, 4.69) is 9.98 Å². The molecule has 0 amide bonds. The third-order valence-corrected chi connectivity index (χ3v) is 2.54. The molecule has 1 rings (SSSR count). The van der Waals surface area contributed by atoms with E-state index in [-0.39, 0.29) is 11.9 Å². The molecule has 0 aliphatic rings. The molecule has 0 aliphatic carbocycles. The second-order valence-electron chi connectivity index (χ2n) is 3.93. The fourth-order valence-electron chi connectivity index (χ4n) is 1.52. The van der Waals surface area contributed by atoms with Crippen molar-refractivity contribution >= 4 is 23.6 Å². The van der Waals surface area contributed by atoms with Gasteiger partial charge in [0.15, 0.2) is 5.96 Å².